The van der Waals surface area contributed by atoms with Crippen molar-refractivity contribution in [2.45, 2.75) is 31.8 Å². The molecule has 0 aromatic carbocycles. The maximum atomic E-state index is 10.7. The van der Waals surface area contributed by atoms with Crippen LogP contribution < -0.4 is 0 Å². The van der Waals surface area contributed by atoms with Gasteiger partial charge in [-0.2, -0.15) is 0 Å². The number of carbonyl (C=O) groups is 1. The summed E-state index contributed by atoms with van der Waals surface area (Å²) in [6.07, 6.45) is 5.43. The summed E-state index contributed by atoms with van der Waals surface area (Å²) in [6.45, 7) is -0.216. The van der Waals surface area contributed by atoms with E-state index in [2.05, 4.69) is 4.74 Å². The molecule has 0 saturated heterocycles. The molecule has 0 heterocycles. The van der Waals surface area contributed by atoms with Crippen LogP contribution in [-0.2, 0) is 9.53 Å². The van der Waals surface area contributed by atoms with Gasteiger partial charge in [-0.1, -0.05) is 12.2 Å². The molecule has 1 unspecified atom stereocenters. The summed E-state index contributed by atoms with van der Waals surface area (Å²) in [5, 5.41) is 17.5. The molecular formula is C10H18O4. The Morgan fingerprint density at radius 3 is 2.79 bits per heavy atom. The molecule has 14 heavy (non-hydrogen) atoms. The van der Waals surface area contributed by atoms with Crippen molar-refractivity contribution in [3.8, 4) is 0 Å². The largest absolute Gasteiger partial charge is 0.469 e. The van der Waals surface area contributed by atoms with Crippen molar-refractivity contribution in [2.75, 3.05) is 13.7 Å². The van der Waals surface area contributed by atoms with Gasteiger partial charge in [0.1, 0.15) is 0 Å². The molecule has 4 nitrogen and oxygen atoms in total. The molecule has 82 valence electrons. The van der Waals surface area contributed by atoms with Gasteiger partial charge in [-0.05, 0) is 19.3 Å². The SMILES string of the molecule is COC(=O)CCC/C=C/CC(O)CO. The van der Waals surface area contributed by atoms with E-state index in [1.54, 1.807) is 6.08 Å². The van der Waals surface area contributed by atoms with E-state index in [4.69, 9.17) is 10.2 Å². The molecule has 0 aliphatic carbocycles. The minimum absolute atomic E-state index is 0.200. The third-order valence-electron chi connectivity index (χ3n) is 1.76. The van der Waals surface area contributed by atoms with E-state index in [1.165, 1.54) is 7.11 Å². The van der Waals surface area contributed by atoms with Crippen LogP contribution in [0.2, 0.25) is 0 Å². The molecule has 2 N–H and O–H groups in total. The molecule has 0 aliphatic heterocycles. The summed E-state index contributed by atoms with van der Waals surface area (Å²) in [4.78, 5) is 10.7. The highest BCUT2D eigenvalue weighted by molar-refractivity contribution is 5.68. The lowest BCUT2D eigenvalue weighted by Gasteiger charge is -2.00. The first kappa shape index (κ1) is 13.1. The molecule has 0 aliphatic rings. The number of hydrogen-bond acceptors (Lipinski definition) is 4. The van der Waals surface area contributed by atoms with Gasteiger partial charge in [0.15, 0.2) is 0 Å². The van der Waals surface area contributed by atoms with Crippen molar-refractivity contribution in [1.29, 1.82) is 0 Å². The van der Waals surface area contributed by atoms with Crippen LogP contribution in [0.5, 0.6) is 0 Å². The molecule has 0 bridgehead atoms. The fourth-order valence-electron chi connectivity index (χ4n) is 0.912. The maximum absolute atomic E-state index is 10.7. The number of ether oxygens (including phenoxy) is 1. The van der Waals surface area contributed by atoms with Gasteiger partial charge < -0.3 is 14.9 Å². The lowest BCUT2D eigenvalue weighted by Crippen LogP contribution is -2.09. The molecule has 0 amide bonds. The van der Waals surface area contributed by atoms with Crippen molar-refractivity contribution in [2.24, 2.45) is 0 Å². The normalized spacial score (nSPS) is 13.1. The summed E-state index contributed by atoms with van der Waals surface area (Å²) >= 11 is 0. The van der Waals surface area contributed by atoms with Crippen LogP contribution in [0, 0.1) is 0 Å². The molecule has 4 heteroatoms. The molecule has 0 spiro atoms. The van der Waals surface area contributed by atoms with E-state index in [1.807, 2.05) is 6.08 Å². The van der Waals surface area contributed by atoms with Crippen LogP contribution in [0.1, 0.15) is 25.7 Å². The number of methoxy groups -OCH3 is 1. The number of unbranched alkanes of at least 4 members (excludes halogenated alkanes) is 1. The maximum Gasteiger partial charge on any atom is 0.305 e. The zero-order valence-corrected chi connectivity index (χ0v) is 8.48. The van der Waals surface area contributed by atoms with Crippen LogP contribution in [0.4, 0.5) is 0 Å². The summed E-state index contributed by atoms with van der Waals surface area (Å²) in [5.74, 6) is -0.200. The van der Waals surface area contributed by atoms with Crippen molar-refractivity contribution >= 4 is 5.97 Å². The number of allylic oxidation sites excluding steroid dienone is 1. The van der Waals surface area contributed by atoms with Crippen LogP contribution in [0.25, 0.3) is 0 Å². The Kier molecular flexibility index (Phi) is 8.17. The van der Waals surface area contributed by atoms with Gasteiger partial charge in [0.05, 0.1) is 19.8 Å². The first-order valence-electron chi connectivity index (χ1n) is 4.71. The third-order valence-corrected chi connectivity index (χ3v) is 1.76. The van der Waals surface area contributed by atoms with Gasteiger partial charge in [-0.3, -0.25) is 4.79 Å². The number of esters is 1. The highest BCUT2D eigenvalue weighted by Crippen LogP contribution is 2.00. The van der Waals surface area contributed by atoms with Crippen LogP contribution in [-0.4, -0.2) is 36.0 Å². The highest BCUT2D eigenvalue weighted by atomic mass is 16.5. The zero-order chi connectivity index (χ0) is 10.8. The predicted molar refractivity (Wildman–Crippen MR) is 52.7 cm³/mol. The molecule has 0 fully saturated rings. The number of aliphatic hydroxyl groups excluding tert-OH is 2. The smallest absolute Gasteiger partial charge is 0.305 e. The Hall–Kier alpha value is -0.870. The monoisotopic (exact) mass is 202 g/mol. The van der Waals surface area contributed by atoms with Crippen LogP contribution in [0.15, 0.2) is 12.2 Å². The van der Waals surface area contributed by atoms with Gasteiger partial charge in [0.2, 0.25) is 0 Å². The summed E-state index contributed by atoms with van der Waals surface area (Å²) < 4.78 is 4.48. The van der Waals surface area contributed by atoms with Crippen molar-refractivity contribution < 1.29 is 19.7 Å². The zero-order valence-electron chi connectivity index (χ0n) is 8.48. The second-order valence-corrected chi connectivity index (χ2v) is 3.01. The quantitative estimate of drug-likeness (QED) is 0.361. The van der Waals surface area contributed by atoms with Crippen LogP contribution >= 0.6 is 0 Å². The fraction of sp³-hybridized carbons (Fsp3) is 0.700. The molecule has 0 rings (SSSR count). The first-order valence-corrected chi connectivity index (χ1v) is 4.71. The summed E-state index contributed by atoms with van der Waals surface area (Å²) in [7, 11) is 1.37. The molecule has 0 saturated carbocycles. The topological polar surface area (TPSA) is 66.8 Å². The third kappa shape index (κ3) is 7.76. The predicted octanol–water partition coefficient (Wildman–Crippen LogP) is 0.629. The van der Waals surface area contributed by atoms with E-state index in [9.17, 15) is 4.79 Å². The Balaban J connectivity index is 3.31. The molecule has 0 aromatic heterocycles. The van der Waals surface area contributed by atoms with Gasteiger partial charge in [0, 0.05) is 6.42 Å². The number of hydrogen-bond donors (Lipinski definition) is 2. The minimum Gasteiger partial charge on any atom is -0.469 e. The van der Waals surface area contributed by atoms with Gasteiger partial charge in [-0.25, -0.2) is 0 Å². The molecule has 0 aromatic rings. The minimum atomic E-state index is -0.674. The Morgan fingerprint density at radius 2 is 2.21 bits per heavy atom. The van der Waals surface area contributed by atoms with E-state index >= 15 is 0 Å². The van der Waals surface area contributed by atoms with Gasteiger partial charge in [0.25, 0.3) is 0 Å². The summed E-state index contributed by atoms with van der Waals surface area (Å²) in [6, 6.07) is 0. The Bertz CT molecular complexity index is 177. The van der Waals surface area contributed by atoms with Crippen molar-refractivity contribution in [1.82, 2.24) is 0 Å². The van der Waals surface area contributed by atoms with Gasteiger partial charge in [-0.15, -0.1) is 0 Å². The van der Waals surface area contributed by atoms with E-state index in [0.717, 1.165) is 12.8 Å². The van der Waals surface area contributed by atoms with E-state index in [-0.39, 0.29) is 12.6 Å². The standard InChI is InChI=1S/C10H18O4/c1-14-10(13)7-5-3-2-4-6-9(12)8-11/h2,4,9,11-12H,3,5-8H2,1H3/b4-2+. The van der Waals surface area contributed by atoms with Crippen LogP contribution in [0.3, 0.4) is 0 Å². The average Bonchev–Trinajstić information content (AvgIpc) is 2.22. The summed E-state index contributed by atoms with van der Waals surface area (Å²) in [5.41, 5.74) is 0. The highest BCUT2D eigenvalue weighted by Gasteiger charge is 1.98. The average molecular weight is 202 g/mol. The second kappa shape index (κ2) is 8.72. The number of rotatable bonds is 7. The van der Waals surface area contributed by atoms with Gasteiger partial charge >= 0.3 is 5.97 Å². The molecule has 1 atom stereocenters. The number of aliphatic hydroxyl groups is 2. The van der Waals surface area contributed by atoms with E-state index < -0.39 is 6.10 Å². The molecular weight excluding hydrogens is 184 g/mol. The fourth-order valence-corrected chi connectivity index (χ4v) is 0.912. The Labute approximate surface area is 84.2 Å². The number of carbonyl (C=O) groups excluding carboxylic acids is 1. The lowest BCUT2D eigenvalue weighted by atomic mass is 10.2. The lowest BCUT2D eigenvalue weighted by molar-refractivity contribution is -0.140. The van der Waals surface area contributed by atoms with Crippen molar-refractivity contribution in [3.05, 3.63) is 12.2 Å². The van der Waals surface area contributed by atoms with E-state index in [0.29, 0.717) is 12.8 Å². The molecule has 0 radical (unpaired) electrons. The van der Waals surface area contributed by atoms with Crippen molar-refractivity contribution in [3.63, 3.8) is 0 Å². The first-order chi connectivity index (χ1) is 6.70. The Morgan fingerprint density at radius 1 is 1.50 bits per heavy atom. The second-order valence-electron chi connectivity index (χ2n) is 3.01.